The first-order valence-electron chi connectivity index (χ1n) is 14.2. The highest BCUT2D eigenvalue weighted by Gasteiger charge is 2.35. The van der Waals surface area contributed by atoms with Crippen molar-refractivity contribution in [1.82, 2.24) is 10.2 Å². The number of amides is 2. The zero-order valence-corrected chi connectivity index (χ0v) is 27.3. The standard InChI is InChI=1S/C32H40FN3O8S/c1-8-21(2)34-32(38)22(3)35(19-23-9-11-24(33)12-10-23)31(37)20-36(27-17-25(41-4)13-15-28(27)42-5)45(39,40)26-14-16-29(43-6)30(18-26)44-7/h9-18,21-22H,8,19-20H2,1-7H3,(H,34,38)/t21-,22+/m1/s1. The number of hydrogen-bond donors (Lipinski definition) is 1. The molecule has 3 rings (SSSR count). The van der Waals surface area contributed by atoms with E-state index in [1.54, 1.807) is 13.0 Å². The van der Waals surface area contributed by atoms with Crippen LogP contribution in [0.5, 0.6) is 23.0 Å². The van der Waals surface area contributed by atoms with Gasteiger partial charge in [-0.05, 0) is 62.2 Å². The molecule has 0 unspecified atom stereocenters. The van der Waals surface area contributed by atoms with Crippen molar-refractivity contribution in [2.45, 2.75) is 50.7 Å². The normalized spacial score (nSPS) is 12.4. The number of nitrogens with one attached hydrogen (secondary N) is 1. The molecule has 244 valence electrons. The summed E-state index contributed by atoms with van der Waals surface area (Å²) in [6.07, 6.45) is 0.664. The summed E-state index contributed by atoms with van der Waals surface area (Å²) in [5.74, 6) is -0.638. The van der Waals surface area contributed by atoms with E-state index in [0.29, 0.717) is 23.5 Å². The Hall–Kier alpha value is -4.52. The van der Waals surface area contributed by atoms with Crippen LogP contribution < -0.4 is 28.6 Å². The molecule has 2 atom stereocenters. The van der Waals surface area contributed by atoms with Crippen molar-refractivity contribution in [3.8, 4) is 23.0 Å². The van der Waals surface area contributed by atoms with Crippen molar-refractivity contribution >= 4 is 27.5 Å². The van der Waals surface area contributed by atoms with Gasteiger partial charge in [-0.2, -0.15) is 0 Å². The quantitative estimate of drug-likeness (QED) is 0.258. The lowest BCUT2D eigenvalue weighted by molar-refractivity contribution is -0.139. The largest absolute Gasteiger partial charge is 0.497 e. The molecule has 0 radical (unpaired) electrons. The van der Waals surface area contributed by atoms with Gasteiger partial charge in [0.05, 0.1) is 39.0 Å². The Morgan fingerprint density at radius 3 is 2.04 bits per heavy atom. The van der Waals surface area contributed by atoms with Gasteiger partial charge in [-0.3, -0.25) is 13.9 Å². The van der Waals surface area contributed by atoms with Crippen molar-refractivity contribution in [3.63, 3.8) is 0 Å². The van der Waals surface area contributed by atoms with Crippen molar-refractivity contribution in [2.75, 3.05) is 39.3 Å². The lowest BCUT2D eigenvalue weighted by atomic mass is 10.1. The molecule has 45 heavy (non-hydrogen) atoms. The molecule has 0 aliphatic rings. The summed E-state index contributed by atoms with van der Waals surface area (Å²) in [7, 11) is 1.11. The Kier molecular flexibility index (Phi) is 12.0. The minimum atomic E-state index is -4.48. The van der Waals surface area contributed by atoms with Crippen LogP contribution in [0.2, 0.25) is 0 Å². The fourth-order valence-corrected chi connectivity index (χ4v) is 5.88. The Balaban J connectivity index is 2.16. The molecule has 0 aromatic heterocycles. The zero-order chi connectivity index (χ0) is 33.3. The SMILES string of the molecule is CC[C@@H](C)NC(=O)[C@H](C)N(Cc1ccc(F)cc1)C(=O)CN(c1cc(OC)ccc1OC)S(=O)(=O)c1ccc(OC)c(OC)c1. The third kappa shape index (κ3) is 8.35. The van der Waals surface area contributed by atoms with Gasteiger partial charge in [0, 0.05) is 24.7 Å². The fraction of sp³-hybridized carbons (Fsp3) is 0.375. The smallest absolute Gasteiger partial charge is 0.265 e. The van der Waals surface area contributed by atoms with E-state index in [9.17, 15) is 22.4 Å². The van der Waals surface area contributed by atoms with Crippen LogP contribution in [0.25, 0.3) is 0 Å². The number of hydrogen-bond acceptors (Lipinski definition) is 8. The third-order valence-corrected chi connectivity index (χ3v) is 9.07. The molecule has 0 heterocycles. The topological polar surface area (TPSA) is 124 Å². The summed E-state index contributed by atoms with van der Waals surface area (Å²) in [6, 6.07) is 12.9. The van der Waals surface area contributed by atoms with Gasteiger partial charge in [0.15, 0.2) is 11.5 Å². The van der Waals surface area contributed by atoms with Crippen LogP contribution >= 0.6 is 0 Å². The monoisotopic (exact) mass is 645 g/mol. The first kappa shape index (κ1) is 35.0. The molecular formula is C32H40FN3O8S. The van der Waals surface area contributed by atoms with Gasteiger partial charge in [0.1, 0.15) is 29.9 Å². The van der Waals surface area contributed by atoms with Crippen LogP contribution in [0, 0.1) is 5.82 Å². The second-order valence-electron chi connectivity index (χ2n) is 10.2. The molecule has 11 nitrogen and oxygen atoms in total. The van der Waals surface area contributed by atoms with Crippen molar-refractivity contribution in [1.29, 1.82) is 0 Å². The molecule has 3 aromatic carbocycles. The molecular weight excluding hydrogens is 605 g/mol. The minimum Gasteiger partial charge on any atom is -0.497 e. The minimum absolute atomic E-state index is 0.0263. The van der Waals surface area contributed by atoms with E-state index in [4.69, 9.17) is 18.9 Å². The number of ether oxygens (including phenoxy) is 4. The van der Waals surface area contributed by atoms with Gasteiger partial charge in [-0.25, -0.2) is 12.8 Å². The fourth-order valence-electron chi connectivity index (χ4n) is 4.44. The highest BCUT2D eigenvalue weighted by molar-refractivity contribution is 7.92. The number of carbonyl (C=O) groups excluding carboxylic acids is 2. The number of nitrogens with zero attached hydrogens (tertiary/aromatic N) is 2. The van der Waals surface area contributed by atoms with Crippen molar-refractivity contribution in [3.05, 3.63) is 72.0 Å². The number of anilines is 1. The number of rotatable bonds is 15. The van der Waals surface area contributed by atoms with Gasteiger partial charge in [-0.15, -0.1) is 0 Å². The van der Waals surface area contributed by atoms with Crippen LogP contribution in [-0.2, 0) is 26.2 Å². The zero-order valence-electron chi connectivity index (χ0n) is 26.5. The van der Waals surface area contributed by atoms with Gasteiger partial charge in [-0.1, -0.05) is 19.1 Å². The average Bonchev–Trinajstić information content (AvgIpc) is 3.05. The summed E-state index contributed by atoms with van der Waals surface area (Å²) < 4.78 is 64.7. The summed E-state index contributed by atoms with van der Waals surface area (Å²) in [4.78, 5) is 28.5. The van der Waals surface area contributed by atoms with Gasteiger partial charge in [0.25, 0.3) is 10.0 Å². The Bertz CT molecular complexity index is 1580. The van der Waals surface area contributed by atoms with Gasteiger partial charge in [0.2, 0.25) is 11.8 Å². The van der Waals surface area contributed by atoms with E-state index in [-0.39, 0.29) is 34.7 Å². The number of sulfonamides is 1. The van der Waals surface area contributed by atoms with Crippen LogP contribution in [0.4, 0.5) is 10.1 Å². The number of methoxy groups -OCH3 is 4. The predicted octanol–water partition coefficient (Wildman–Crippen LogP) is 4.39. The maximum atomic E-state index is 14.4. The average molecular weight is 646 g/mol. The van der Waals surface area contributed by atoms with E-state index in [1.807, 2.05) is 13.8 Å². The lowest BCUT2D eigenvalue weighted by Crippen LogP contribution is -2.52. The molecule has 13 heteroatoms. The predicted molar refractivity (Wildman–Crippen MR) is 168 cm³/mol. The molecule has 3 aromatic rings. The first-order valence-corrected chi connectivity index (χ1v) is 15.6. The number of halogens is 1. The summed E-state index contributed by atoms with van der Waals surface area (Å²) in [5, 5.41) is 2.87. The van der Waals surface area contributed by atoms with Crippen molar-refractivity contribution in [2.24, 2.45) is 0 Å². The molecule has 0 spiro atoms. The van der Waals surface area contributed by atoms with Crippen LogP contribution in [0.15, 0.2) is 65.6 Å². The first-order chi connectivity index (χ1) is 21.4. The van der Waals surface area contributed by atoms with Gasteiger partial charge >= 0.3 is 0 Å². The number of benzene rings is 3. The highest BCUT2D eigenvalue weighted by Crippen LogP contribution is 2.37. The van der Waals surface area contributed by atoms with Crippen LogP contribution in [0.3, 0.4) is 0 Å². The summed E-state index contributed by atoms with van der Waals surface area (Å²) in [6.45, 7) is 4.49. The van der Waals surface area contributed by atoms with E-state index in [2.05, 4.69) is 5.32 Å². The molecule has 0 aliphatic carbocycles. The lowest BCUT2D eigenvalue weighted by Gasteiger charge is -2.33. The second-order valence-corrected chi connectivity index (χ2v) is 12.1. The molecule has 0 fully saturated rings. The van der Waals surface area contributed by atoms with E-state index < -0.39 is 40.2 Å². The molecule has 0 aliphatic heterocycles. The molecule has 0 bridgehead atoms. The maximum Gasteiger partial charge on any atom is 0.265 e. The van der Waals surface area contributed by atoms with E-state index in [1.165, 1.54) is 87.9 Å². The maximum absolute atomic E-state index is 14.4. The molecule has 2 amide bonds. The van der Waals surface area contributed by atoms with Crippen LogP contribution in [-0.4, -0.2) is 72.2 Å². The Morgan fingerprint density at radius 2 is 1.47 bits per heavy atom. The third-order valence-electron chi connectivity index (χ3n) is 7.31. The van der Waals surface area contributed by atoms with Gasteiger partial charge < -0.3 is 29.2 Å². The highest BCUT2D eigenvalue weighted by atomic mass is 32.2. The molecule has 0 saturated carbocycles. The van der Waals surface area contributed by atoms with Crippen LogP contribution in [0.1, 0.15) is 32.8 Å². The van der Waals surface area contributed by atoms with E-state index >= 15 is 0 Å². The second kappa shape index (κ2) is 15.5. The molecule has 1 N–H and O–H groups in total. The van der Waals surface area contributed by atoms with Crippen molar-refractivity contribution < 1.29 is 41.3 Å². The van der Waals surface area contributed by atoms with E-state index in [0.717, 1.165) is 4.31 Å². The summed E-state index contributed by atoms with van der Waals surface area (Å²) >= 11 is 0. The molecule has 0 saturated heterocycles. The summed E-state index contributed by atoms with van der Waals surface area (Å²) in [5.41, 5.74) is 0.569. The Morgan fingerprint density at radius 1 is 0.844 bits per heavy atom. The number of carbonyl (C=O) groups is 2. The Labute approximate surface area is 263 Å².